The lowest BCUT2D eigenvalue weighted by Gasteiger charge is -2.30. The third-order valence-electron chi connectivity index (χ3n) is 5.45. The van der Waals surface area contributed by atoms with E-state index in [1.807, 2.05) is 24.3 Å². The Morgan fingerprint density at radius 2 is 2.09 bits per heavy atom. The van der Waals surface area contributed by atoms with Crippen LogP contribution in [-0.2, 0) is 0 Å². The van der Waals surface area contributed by atoms with Crippen LogP contribution >= 0.6 is 11.3 Å². The number of rotatable bonds is 5. The van der Waals surface area contributed by atoms with Crippen molar-refractivity contribution in [2.24, 2.45) is 0 Å². The molecule has 0 radical (unpaired) electrons. The number of hydrogen-bond donors (Lipinski definition) is 3. The summed E-state index contributed by atoms with van der Waals surface area (Å²) in [5.74, 6) is 0.377. The number of piperazine rings is 1. The normalized spacial score (nSPS) is 14.0. The molecule has 1 amide bonds. The molecule has 9 nitrogen and oxygen atoms in total. The summed E-state index contributed by atoms with van der Waals surface area (Å²) in [6, 6.07) is 7.36. The van der Waals surface area contributed by atoms with Crippen molar-refractivity contribution in [1.82, 2.24) is 19.9 Å². The molecule has 0 atom stereocenters. The predicted molar refractivity (Wildman–Crippen MR) is 124 cm³/mol. The first-order valence-electron chi connectivity index (χ1n) is 10.2. The van der Waals surface area contributed by atoms with Crippen molar-refractivity contribution in [2.45, 2.75) is 0 Å². The Labute approximate surface area is 188 Å². The largest absolute Gasteiger partial charge is 0.496 e. The van der Waals surface area contributed by atoms with E-state index in [2.05, 4.69) is 25.5 Å². The molecule has 3 aromatic heterocycles. The number of carbonyl (C=O) groups is 1. The summed E-state index contributed by atoms with van der Waals surface area (Å²) >= 11 is 1.27. The van der Waals surface area contributed by atoms with Crippen LogP contribution < -0.4 is 20.3 Å². The van der Waals surface area contributed by atoms with Crippen molar-refractivity contribution in [3.05, 3.63) is 53.9 Å². The number of thiazole rings is 1. The van der Waals surface area contributed by atoms with E-state index in [1.54, 1.807) is 35.6 Å². The number of benzene rings is 1. The smallest absolute Gasteiger partial charge is 0.275 e. The number of nitrogens with zero attached hydrogens (tertiary/aromatic N) is 4. The second kappa shape index (κ2) is 8.48. The Balaban J connectivity index is 1.41. The van der Waals surface area contributed by atoms with Crippen LogP contribution in [0.2, 0.25) is 0 Å². The molecule has 1 saturated heterocycles. The van der Waals surface area contributed by atoms with Crippen molar-refractivity contribution >= 4 is 39.4 Å². The zero-order valence-corrected chi connectivity index (χ0v) is 18.2. The van der Waals surface area contributed by atoms with E-state index in [0.717, 1.165) is 37.3 Å². The van der Waals surface area contributed by atoms with E-state index in [4.69, 9.17) is 4.74 Å². The molecule has 0 saturated carbocycles. The standard InChI is InChI=1S/C22H22N6O3S/c1-31-19-4-2-3-14-15(19)12-28(21(14)30)22-26-17(13-32-22)20(29)25-16-11-24-6-5-18(16)27-9-7-23-8-10-27/h2-6,11-13,23,30H,7-10H2,1H3,(H,25,29). The van der Waals surface area contributed by atoms with Gasteiger partial charge in [0, 0.05) is 54.7 Å². The summed E-state index contributed by atoms with van der Waals surface area (Å²) in [6.45, 7) is 3.50. The zero-order chi connectivity index (χ0) is 22.1. The zero-order valence-electron chi connectivity index (χ0n) is 17.4. The van der Waals surface area contributed by atoms with Crippen molar-refractivity contribution < 1.29 is 14.6 Å². The minimum atomic E-state index is -0.328. The highest BCUT2D eigenvalue weighted by molar-refractivity contribution is 7.12. The van der Waals surface area contributed by atoms with E-state index < -0.39 is 0 Å². The number of carbonyl (C=O) groups excluding carboxylic acids is 1. The minimum Gasteiger partial charge on any atom is -0.496 e. The van der Waals surface area contributed by atoms with E-state index in [0.29, 0.717) is 22.0 Å². The molecule has 4 heterocycles. The van der Waals surface area contributed by atoms with Gasteiger partial charge in [-0.3, -0.25) is 14.3 Å². The Morgan fingerprint density at radius 3 is 2.91 bits per heavy atom. The molecular weight excluding hydrogens is 428 g/mol. The Hall–Kier alpha value is -3.63. The maximum absolute atomic E-state index is 12.9. The molecule has 3 N–H and O–H groups in total. The first kappa shape index (κ1) is 20.3. The molecule has 10 heteroatoms. The third-order valence-corrected chi connectivity index (χ3v) is 6.29. The van der Waals surface area contributed by atoms with Crippen molar-refractivity contribution in [3.63, 3.8) is 0 Å². The van der Waals surface area contributed by atoms with Crippen LogP contribution in [0.15, 0.2) is 48.2 Å². The second-order valence-electron chi connectivity index (χ2n) is 7.34. The maximum atomic E-state index is 12.9. The lowest BCUT2D eigenvalue weighted by atomic mass is 10.2. The van der Waals surface area contributed by atoms with E-state index in [-0.39, 0.29) is 17.5 Å². The van der Waals surface area contributed by atoms with Gasteiger partial charge >= 0.3 is 0 Å². The molecule has 164 valence electrons. The fourth-order valence-corrected chi connectivity index (χ4v) is 4.63. The van der Waals surface area contributed by atoms with Crippen LogP contribution in [0.25, 0.3) is 15.9 Å². The molecule has 0 spiro atoms. The van der Waals surface area contributed by atoms with Crippen LogP contribution in [0, 0.1) is 0 Å². The van der Waals surface area contributed by atoms with Gasteiger partial charge in [0.15, 0.2) is 5.13 Å². The summed E-state index contributed by atoms with van der Waals surface area (Å²) in [7, 11) is 1.59. The third kappa shape index (κ3) is 3.63. The molecule has 1 aliphatic heterocycles. The molecule has 1 aliphatic rings. The molecule has 1 aromatic carbocycles. The number of amides is 1. The monoisotopic (exact) mass is 450 g/mol. The predicted octanol–water partition coefficient (Wildman–Crippen LogP) is 2.86. The highest BCUT2D eigenvalue weighted by Gasteiger charge is 2.20. The van der Waals surface area contributed by atoms with Crippen LogP contribution in [0.5, 0.6) is 11.6 Å². The minimum absolute atomic E-state index is 0.0495. The van der Waals surface area contributed by atoms with Crippen molar-refractivity contribution in [1.29, 1.82) is 0 Å². The second-order valence-corrected chi connectivity index (χ2v) is 8.18. The van der Waals surface area contributed by atoms with Gasteiger partial charge in [-0.15, -0.1) is 11.3 Å². The number of hydrogen-bond acceptors (Lipinski definition) is 8. The number of aromatic nitrogens is 3. The Morgan fingerprint density at radius 1 is 1.25 bits per heavy atom. The number of nitrogens with one attached hydrogen (secondary N) is 2. The van der Waals surface area contributed by atoms with Gasteiger partial charge in [-0.05, 0) is 18.2 Å². The number of ether oxygens (including phenoxy) is 1. The van der Waals surface area contributed by atoms with Crippen molar-refractivity contribution in [3.8, 4) is 16.8 Å². The van der Waals surface area contributed by atoms with Gasteiger partial charge in [-0.2, -0.15) is 0 Å². The van der Waals surface area contributed by atoms with Gasteiger partial charge in [-0.25, -0.2) is 4.98 Å². The van der Waals surface area contributed by atoms with E-state index in [1.165, 1.54) is 11.3 Å². The van der Waals surface area contributed by atoms with Crippen LogP contribution in [0.3, 0.4) is 0 Å². The number of anilines is 2. The van der Waals surface area contributed by atoms with Crippen LogP contribution in [-0.4, -0.2) is 58.8 Å². The molecule has 4 aromatic rings. The number of aromatic hydroxyl groups is 1. The van der Waals surface area contributed by atoms with Gasteiger partial charge in [0.2, 0.25) is 5.88 Å². The summed E-state index contributed by atoms with van der Waals surface area (Å²) in [5.41, 5.74) is 1.85. The maximum Gasteiger partial charge on any atom is 0.275 e. The quantitative estimate of drug-likeness (QED) is 0.429. The van der Waals surface area contributed by atoms with E-state index >= 15 is 0 Å². The average Bonchev–Trinajstić information content (AvgIpc) is 3.45. The van der Waals surface area contributed by atoms with Gasteiger partial charge in [0.25, 0.3) is 5.91 Å². The lowest BCUT2D eigenvalue weighted by Crippen LogP contribution is -2.43. The van der Waals surface area contributed by atoms with Crippen LogP contribution in [0.1, 0.15) is 10.5 Å². The summed E-state index contributed by atoms with van der Waals surface area (Å²) in [4.78, 5) is 23.8. The molecular formula is C22H22N6O3S. The van der Waals surface area contributed by atoms with Gasteiger partial charge < -0.3 is 25.4 Å². The number of fused-ring (bicyclic) bond motifs is 1. The molecule has 0 bridgehead atoms. The highest BCUT2D eigenvalue weighted by atomic mass is 32.1. The highest BCUT2D eigenvalue weighted by Crippen LogP contribution is 2.36. The fourth-order valence-electron chi connectivity index (χ4n) is 3.85. The molecule has 0 aliphatic carbocycles. The topological polar surface area (TPSA) is 105 Å². The summed E-state index contributed by atoms with van der Waals surface area (Å²) in [6.07, 6.45) is 5.13. The fraction of sp³-hybridized carbons (Fsp3) is 0.227. The average molecular weight is 451 g/mol. The summed E-state index contributed by atoms with van der Waals surface area (Å²) in [5, 5.41) is 20.5. The molecule has 0 unspecified atom stereocenters. The lowest BCUT2D eigenvalue weighted by molar-refractivity contribution is 0.102. The van der Waals surface area contributed by atoms with Crippen LogP contribution in [0.4, 0.5) is 11.4 Å². The Bertz CT molecular complexity index is 1280. The first-order chi connectivity index (χ1) is 15.7. The van der Waals surface area contributed by atoms with Gasteiger partial charge in [0.05, 0.1) is 24.7 Å². The van der Waals surface area contributed by atoms with Crippen molar-refractivity contribution in [2.75, 3.05) is 43.5 Å². The molecule has 5 rings (SSSR count). The van der Waals surface area contributed by atoms with Gasteiger partial charge in [-0.1, -0.05) is 6.07 Å². The SMILES string of the molecule is COc1cccc2c(O)n(-c3nc(C(=O)Nc4cnccc4N4CCNCC4)cs3)cc12. The van der Waals surface area contributed by atoms with E-state index in [9.17, 15) is 9.90 Å². The molecule has 1 fully saturated rings. The van der Waals surface area contributed by atoms with Gasteiger partial charge in [0.1, 0.15) is 11.4 Å². The first-order valence-corrected chi connectivity index (χ1v) is 11.1. The molecule has 32 heavy (non-hydrogen) atoms. The number of pyridine rings is 1. The Kier molecular flexibility index (Phi) is 5.38. The summed E-state index contributed by atoms with van der Waals surface area (Å²) < 4.78 is 6.94. The number of methoxy groups -OCH3 is 1.